The van der Waals surface area contributed by atoms with E-state index in [4.69, 9.17) is 39.2 Å². The summed E-state index contributed by atoms with van der Waals surface area (Å²) < 4.78 is 5.72. The highest BCUT2D eigenvalue weighted by atomic mass is 35.5. The van der Waals surface area contributed by atoms with Gasteiger partial charge in [-0.3, -0.25) is 4.79 Å². The van der Waals surface area contributed by atoms with Crippen molar-refractivity contribution in [2.45, 2.75) is 26.4 Å². The minimum atomic E-state index is -0.228. The number of halogens is 3. The maximum Gasteiger partial charge on any atom is 0.249 e. The van der Waals surface area contributed by atoms with E-state index in [-0.39, 0.29) is 18.5 Å². The molecule has 0 saturated heterocycles. The minimum Gasteiger partial charge on any atom is -0.419 e. The molecule has 0 atom stereocenters. The number of carbonyl (C=O) groups is 1. The van der Waals surface area contributed by atoms with Gasteiger partial charge in [-0.1, -0.05) is 53.0 Å². The number of nitrogens with zero attached hydrogens (tertiary/aromatic N) is 3. The summed E-state index contributed by atoms with van der Waals surface area (Å²) in [6.07, 6.45) is 3.03. The van der Waals surface area contributed by atoms with Crippen LogP contribution >= 0.6 is 34.8 Å². The molecule has 0 aliphatic rings. The SMILES string of the molecule is CC(C)N(Cc1nnc(-c2ccccc2Cl)o1)C(=O)/C=C/c1c(Cl)cccc1Cl. The van der Waals surface area contributed by atoms with Crippen LogP contribution in [0.3, 0.4) is 0 Å². The van der Waals surface area contributed by atoms with Crippen LogP contribution in [0.2, 0.25) is 15.1 Å². The van der Waals surface area contributed by atoms with Crippen LogP contribution < -0.4 is 0 Å². The molecule has 3 rings (SSSR count). The first-order chi connectivity index (χ1) is 13.9. The molecule has 0 radical (unpaired) electrons. The van der Waals surface area contributed by atoms with Crippen LogP contribution in [0, 0.1) is 0 Å². The smallest absolute Gasteiger partial charge is 0.249 e. The zero-order chi connectivity index (χ0) is 21.0. The van der Waals surface area contributed by atoms with Crippen molar-refractivity contribution in [3.05, 3.63) is 75.1 Å². The van der Waals surface area contributed by atoms with Gasteiger partial charge in [0.25, 0.3) is 0 Å². The second kappa shape index (κ2) is 9.44. The van der Waals surface area contributed by atoms with Crippen LogP contribution in [-0.4, -0.2) is 27.0 Å². The van der Waals surface area contributed by atoms with Gasteiger partial charge in [0.1, 0.15) is 0 Å². The Labute approximate surface area is 183 Å². The average molecular weight is 451 g/mol. The van der Waals surface area contributed by atoms with Crippen molar-refractivity contribution in [2.75, 3.05) is 0 Å². The summed E-state index contributed by atoms with van der Waals surface area (Å²) >= 11 is 18.5. The minimum absolute atomic E-state index is 0.0930. The quantitative estimate of drug-likeness (QED) is 0.423. The van der Waals surface area contributed by atoms with Gasteiger partial charge in [0.15, 0.2) is 0 Å². The highest BCUT2D eigenvalue weighted by Gasteiger charge is 2.20. The molecule has 1 amide bonds. The van der Waals surface area contributed by atoms with Crippen molar-refractivity contribution in [1.82, 2.24) is 15.1 Å². The van der Waals surface area contributed by atoms with Gasteiger partial charge in [-0.2, -0.15) is 0 Å². The van der Waals surface area contributed by atoms with E-state index in [1.54, 1.807) is 41.3 Å². The third kappa shape index (κ3) is 5.18. The number of benzene rings is 2. The maximum atomic E-state index is 12.8. The van der Waals surface area contributed by atoms with Gasteiger partial charge < -0.3 is 9.32 Å². The third-order valence-corrected chi connectivity index (χ3v) is 5.16. The Morgan fingerprint density at radius 1 is 1.03 bits per heavy atom. The zero-order valence-corrected chi connectivity index (χ0v) is 18.0. The molecule has 5 nitrogen and oxygen atoms in total. The van der Waals surface area contributed by atoms with Crippen molar-refractivity contribution in [3.8, 4) is 11.5 Å². The van der Waals surface area contributed by atoms with E-state index in [2.05, 4.69) is 10.2 Å². The van der Waals surface area contributed by atoms with E-state index in [1.165, 1.54) is 6.08 Å². The molecule has 0 aliphatic heterocycles. The molecule has 1 heterocycles. The fourth-order valence-electron chi connectivity index (χ4n) is 2.64. The third-order valence-electron chi connectivity index (χ3n) is 4.18. The highest BCUT2D eigenvalue weighted by Crippen LogP contribution is 2.27. The molecule has 29 heavy (non-hydrogen) atoms. The van der Waals surface area contributed by atoms with E-state index < -0.39 is 0 Å². The summed E-state index contributed by atoms with van der Waals surface area (Å²) in [5.74, 6) is 0.389. The van der Waals surface area contributed by atoms with Crippen LogP contribution in [0.5, 0.6) is 0 Å². The van der Waals surface area contributed by atoms with Gasteiger partial charge in [-0.15, -0.1) is 10.2 Å². The van der Waals surface area contributed by atoms with E-state index in [9.17, 15) is 4.79 Å². The summed E-state index contributed by atoms with van der Waals surface area (Å²) in [5.41, 5.74) is 1.23. The Hall–Kier alpha value is -2.34. The number of hydrogen-bond donors (Lipinski definition) is 0. The van der Waals surface area contributed by atoms with Gasteiger partial charge in [0, 0.05) is 27.7 Å². The fourth-order valence-corrected chi connectivity index (χ4v) is 3.38. The molecule has 1 aromatic heterocycles. The van der Waals surface area contributed by atoms with Crippen molar-refractivity contribution in [3.63, 3.8) is 0 Å². The second-order valence-corrected chi connectivity index (χ2v) is 7.73. The van der Waals surface area contributed by atoms with Crippen LogP contribution in [0.15, 0.2) is 53.0 Å². The number of aromatic nitrogens is 2. The lowest BCUT2D eigenvalue weighted by atomic mass is 10.2. The van der Waals surface area contributed by atoms with Crippen molar-refractivity contribution in [1.29, 1.82) is 0 Å². The average Bonchev–Trinajstić information content (AvgIpc) is 3.14. The number of hydrogen-bond acceptors (Lipinski definition) is 4. The Morgan fingerprint density at radius 3 is 2.34 bits per heavy atom. The van der Waals surface area contributed by atoms with E-state index in [1.807, 2.05) is 26.0 Å². The van der Waals surface area contributed by atoms with Crippen LogP contribution in [0.1, 0.15) is 25.3 Å². The fraction of sp³-hybridized carbons (Fsp3) is 0.190. The molecule has 0 bridgehead atoms. The van der Waals surface area contributed by atoms with Crippen molar-refractivity contribution >= 4 is 46.8 Å². The first-order valence-corrected chi connectivity index (χ1v) is 10.00. The first kappa shape index (κ1) is 21.4. The normalized spacial score (nSPS) is 11.4. The lowest BCUT2D eigenvalue weighted by Crippen LogP contribution is -2.35. The number of amides is 1. The summed E-state index contributed by atoms with van der Waals surface area (Å²) in [6.45, 7) is 3.97. The standard InChI is InChI=1S/C21H18Cl3N3O2/c1-13(2)27(20(28)11-10-14-16(22)8-5-9-17(14)23)12-19-25-26-21(29-19)15-6-3-4-7-18(15)24/h3-11,13H,12H2,1-2H3/b11-10+. The molecule has 3 aromatic rings. The lowest BCUT2D eigenvalue weighted by molar-refractivity contribution is -0.128. The second-order valence-electron chi connectivity index (χ2n) is 6.51. The van der Waals surface area contributed by atoms with Crippen LogP contribution in [0.25, 0.3) is 17.5 Å². The molecular formula is C21H18Cl3N3O2. The molecule has 2 aromatic carbocycles. The molecule has 150 valence electrons. The number of rotatable bonds is 6. The van der Waals surface area contributed by atoms with E-state index in [0.717, 1.165) is 0 Å². The summed E-state index contributed by atoms with van der Waals surface area (Å²) in [4.78, 5) is 14.4. The van der Waals surface area contributed by atoms with Gasteiger partial charge in [0.2, 0.25) is 17.7 Å². The van der Waals surface area contributed by atoms with Gasteiger partial charge in [-0.25, -0.2) is 0 Å². The van der Waals surface area contributed by atoms with Gasteiger partial charge in [-0.05, 0) is 44.2 Å². The van der Waals surface area contributed by atoms with Crippen LogP contribution in [0.4, 0.5) is 0 Å². The summed E-state index contributed by atoms with van der Waals surface area (Å²) in [6, 6.07) is 12.3. The first-order valence-electron chi connectivity index (χ1n) is 8.86. The Kier molecular flexibility index (Phi) is 6.96. The van der Waals surface area contributed by atoms with E-state index in [0.29, 0.717) is 38.0 Å². The van der Waals surface area contributed by atoms with Crippen molar-refractivity contribution < 1.29 is 9.21 Å². The monoisotopic (exact) mass is 449 g/mol. The highest BCUT2D eigenvalue weighted by molar-refractivity contribution is 6.37. The van der Waals surface area contributed by atoms with E-state index >= 15 is 0 Å². The summed E-state index contributed by atoms with van der Waals surface area (Å²) in [5, 5.41) is 9.55. The number of carbonyl (C=O) groups excluding carboxylic acids is 1. The molecule has 0 spiro atoms. The zero-order valence-electron chi connectivity index (χ0n) is 15.8. The predicted molar refractivity (Wildman–Crippen MR) is 116 cm³/mol. The summed E-state index contributed by atoms with van der Waals surface area (Å²) in [7, 11) is 0. The topological polar surface area (TPSA) is 59.2 Å². The Balaban J connectivity index is 1.78. The van der Waals surface area contributed by atoms with Gasteiger partial charge in [0.05, 0.1) is 17.1 Å². The maximum absolute atomic E-state index is 12.8. The molecule has 0 N–H and O–H groups in total. The van der Waals surface area contributed by atoms with Gasteiger partial charge >= 0.3 is 0 Å². The molecule has 0 fully saturated rings. The molecule has 0 unspecified atom stereocenters. The predicted octanol–water partition coefficient (Wildman–Crippen LogP) is 6.15. The Bertz CT molecular complexity index is 1030. The molecule has 0 aliphatic carbocycles. The molecule has 8 heteroatoms. The Morgan fingerprint density at radius 2 is 1.69 bits per heavy atom. The lowest BCUT2D eigenvalue weighted by Gasteiger charge is -2.23. The van der Waals surface area contributed by atoms with Crippen LogP contribution in [-0.2, 0) is 11.3 Å². The largest absolute Gasteiger partial charge is 0.419 e. The van der Waals surface area contributed by atoms with Crippen molar-refractivity contribution in [2.24, 2.45) is 0 Å². The molecular weight excluding hydrogens is 433 g/mol. The molecule has 0 saturated carbocycles.